The number of benzene rings is 2. The molecular formula is C50H61F3N8O8S. The molecule has 1 atom stereocenters. The van der Waals surface area contributed by atoms with E-state index < -0.39 is 43.0 Å². The number of H-pyrrole nitrogens is 1. The molecule has 376 valence electrons. The number of fused-ring (bicyclic) bond motifs is 5. The predicted molar refractivity (Wildman–Crippen MR) is 258 cm³/mol. The van der Waals surface area contributed by atoms with Crippen molar-refractivity contribution in [1.82, 2.24) is 19.6 Å². The molecule has 5 heterocycles. The summed E-state index contributed by atoms with van der Waals surface area (Å²) in [6, 6.07) is 12.6. The Morgan fingerprint density at radius 3 is 2.43 bits per heavy atom. The van der Waals surface area contributed by atoms with Crippen LogP contribution in [0.15, 0.2) is 70.8 Å². The SMILES string of the molecule is CC1(C)CCC(CN2CCN(c3ccc(C(=O)NS(=O)(=O)c4ccc(NCC5COCCO5)c([N+](=O)[O-])c4)c(N4CCCOc5nc6[nH]ccc6cc54)c3)CC2)=C(C23CCC(C(F)(F)F)(CC2)CC3)C1. The van der Waals surface area contributed by atoms with E-state index >= 15 is 0 Å². The lowest BCUT2D eigenvalue weighted by molar-refractivity contribution is -0.384. The number of carbonyl (C=O) groups is 1. The fourth-order valence-electron chi connectivity index (χ4n) is 11.8. The van der Waals surface area contributed by atoms with Gasteiger partial charge in [0, 0.05) is 69.2 Å². The number of nitro groups is 1. The number of aromatic amines is 1. The average Bonchev–Trinajstić information content (AvgIpc) is 3.71. The number of amides is 1. The van der Waals surface area contributed by atoms with Gasteiger partial charge >= 0.3 is 6.18 Å². The molecule has 7 aliphatic rings. The number of piperazine rings is 1. The zero-order valence-corrected chi connectivity index (χ0v) is 40.5. The van der Waals surface area contributed by atoms with E-state index in [4.69, 9.17) is 19.2 Å². The zero-order chi connectivity index (χ0) is 49.1. The summed E-state index contributed by atoms with van der Waals surface area (Å²) in [6.45, 7) is 10.3. The van der Waals surface area contributed by atoms with Crippen molar-refractivity contribution < 1.29 is 45.5 Å². The number of anilines is 4. The smallest absolute Gasteiger partial charge is 0.394 e. The minimum atomic E-state index is -4.63. The van der Waals surface area contributed by atoms with Gasteiger partial charge in [0.25, 0.3) is 21.6 Å². The molecule has 4 aliphatic carbocycles. The van der Waals surface area contributed by atoms with Crippen LogP contribution in [0.5, 0.6) is 5.88 Å². The van der Waals surface area contributed by atoms with E-state index in [2.05, 4.69) is 38.7 Å². The van der Waals surface area contributed by atoms with Crippen LogP contribution in [0.3, 0.4) is 0 Å². The van der Waals surface area contributed by atoms with Crippen LogP contribution in [0.25, 0.3) is 11.0 Å². The van der Waals surface area contributed by atoms with E-state index in [0.29, 0.717) is 94.6 Å². The fraction of sp³-hybridized carbons (Fsp3) is 0.560. The van der Waals surface area contributed by atoms with E-state index in [9.17, 15) is 36.5 Å². The van der Waals surface area contributed by atoms with Gasteiger partial charge in [-0.3, -0.25) is 19.8 Å². The molecule has 2 bridgehead atoms. The van der Waals surface area contributed by atoms with Gasteiger partial charge in [0.2, 0.25) is 5.88 Å². The first kappa shape index (κ1) is 48.2. The van der Waals surface area contributed by atoms with Crippen molar-refractivity contribution in [2.45, 2.75) is 95.2 Å². The number of sulfonamides is 1. The number of ether oxygens (including phenoxy) is 3. The van der Waals surface area contributed by atoms with E-state index in [1.807, 2.05) is 29.2 Å². The minimum Gasteiger partial charge on any atom is -0.476 e. The number of aromatic nitrogens is 2. The molecule has 5 fully saturated rings. The number of nitro benzene ring substituents is 1. The van der Waals surface area contributed by atoms with Crippen LogP contribution in [0.2, 0.25) is 0 Å². The lowest BCUT2D eigenvalue weighted by atomic mass is 9.49. The summed E-state index contributed by atoms with van der Waals surface area (Å²) in [4.78, 5) is 40.0. The largest absolute Gasteiger partial charge is 0.476 e. The van der Waals surface area contributed by atoms with Crippen molar-refractivity contribution in [1.29, 1.82) is 0 Å². The van der Waals surface area contributed by atoms with E-state index in [0.717, 1.165) is 56.0 Å². The molecule has 20 heteroatoms. The lowest BCUT2D eigenvalue weighted by Gasteiger charge is -2.57. The van der Waals surface area contributed by atoms with E-state index in [-0.39, 0.29) is 54.0 Å². The molecule has 3 N–H and O–H groups in total. The third-order valence-corrected chi connectivity index (χ3v) is 17.3. The van der Waals surface area contributed by atoms with Crippen molar-refractivity contribution in [3.05, 3.63) is 81.6 Å². The van der Waals surface area contributed by atoms with Gasteiger partial charge in [-0.2, -0.15) is 18.2 Å². The van der Waals surface area contributed by atoms with Crippen LogP contribution < -0.4 is 24.6 Å². The number of pyridine rings is 1. The van der Waals surface area contributed by atoms with Crippen LogP contribution in [0.4, 0.5) is 41.6 Å². The Morgan fingerprint density at radius 2 is 1.71 bits per heavy atom. The number of halogens is 3. The highest BCUT2D eigenvalue weighted by molar-refractivity contribution is 7.90. The number of hydrogen-bond acceptors (Lipinski definition) is 13. The van der Waals surface area contributed by atoms with Gasteiger partial charge in [-0.15, -0.1) is 0 Å². The highest BCUT2D eigenvalue weighted by Crippen LogP contribution is 2.66. The second-order valence-corrected chi connectivity index (χ2v) is 22.5. The maximum atomic E-state index is 14.4. The summed E-state index contributed by atoms with van der Waals surface area (Å²) in [7, 11) is -4.63. The topological polar surface area (TPSA) is 185 Å². The Labute approximate surface area is 405 Å². The summed E-state index contributed by atoms with van der Waals surface area (Å²) in [5.41, 5.74) is 3.43. The van der Waals surface area contributed by atoms with Crippen LogP contribution >= 0.6 is 0 Å². The number of rotatable bonds is 12. The van der Waals surface area contributed by atoms with Crippen LogP contribution in [0, 0.1) is 26.4 Å². The highest BCUT2D eigenvalue weighted by Gasteiger charge is 2.62. The molecule has 1 amide bonds. The number of carbonyl (C=O) groups excluding carboxylic acids is 1. The molecular weight excluding hydrogens is 930 g/mol. The minimum absolute atomic E-state index is 0.0624. The fourth-order valence-corrected chi connectivity index (χ4v) is 12.8. The summed E-state index contributed by atoms with van der Waals surface area (Å²) in [5.74, 6) is -0.568. The number of alkyl halides is 3. The molecule has 2 aromatic carbocycles. The maximum Gasteiger partial charge on any atom is 0.394 e. The first-order chi connectivity index (χ1) is 33.4. The zero-order valence-electron chi connectivity index (χ0n) is 39.7. The van der Waals surface area contributed by atoms with Gasteiger partial charge in [0.15, 0.2) is 0 Å². The van der Waals surface area contributed by atoms with Gasteiger partial charge in [0.1, 0.15) is 17.0 Å². The number of hydrogen-bond donors (Lipinski definition) is 3. The molecule has 2 saturated heterocycles. The first-order valence-corrected chi connectivity index (χ1v) is 26.0. The third-order valence-electron chi connectivity index (χ3n) is 16.0. The van der Waals surface area contributed by atoms with Gasteiger partial charge in [0.05, 0.1) is 59.0 Å². The predicted octanol–water partition coefficient (Wildman–Crippen LogP) is 8.87. The van der Waals surface area contributed by atoms with Gasteiger partial charge < -0.3 is 34.3 Å². The average molecular weight is 991 g/mol. The first-order valence-electron chi connectivity index (χ1n) is 24.5. The standard InChI is InChI=1S/C50H61F3N8O8S/c1-47(2)10-8-34(39(29-47)48-11-14-49(15-12-48,16-13-48)50(51,52)53)31-58-19-21-59(22-20-58)35-4-6-38(41(27-35)60-18-3-23-69-46-43(60)26-33-9-17-54-44(33)56-46)45(62)57-70(65,66)37-5-7-40(42(28-37)61(63)64)55-30-36-32-67-24-25-68-36/h4-7,9,17,26-28,36,55H,3,8,10-16,18-25,29-32H2,1-2H3,(H,54,56)(H,57,62). The van der Waals surface area contributed by atoms with Gasteiger partial charge in [-0.25, -0.2) is 13.1 Å². The number of allylic oxidation sites excluding steroid dienone is 1. The Kier molecular flexibility index (Phi) is 12.8. The van der Waals surface area contributed by atoms with Gasteiger partial charge in [-0.05, 0) is 118 Å². The molecule has 1 unspecified atom stereocenters. The van der Waals surface area contributed by atoms with Crippen molar-refractivity contribution in [3.63, 3.8) is 0 Å². The van der Waals surface area contributed by atoms with Crippen LogP contribution in [-0.4, -0.2) is 119 Å². The van der Waals surface area contributed by atoms with Crippen molar-refractivity contribution in [2.75, 3.05) is 87.4 Å². The van der Waals surface area contributed by atoms with Crippen molar-refractivity contribution in [3.8, 4) is 5.88 Å². The number of nitrogens with zero attached hydrogens (tertiary/aromatic N) is 5. The summed E-state index contributed by atoms with van der Waals surface area (Å²) in [5, 5.41) is 16.0. The quantitative estimate of drug-likeness (QED) is 0.0696. The van der Waals surface area contributed by atoms with Gasteiger partial charge in [-0.1, -0.05) is 25.0 Å². The second kappa shape index (κ2) is 18.6. The maximum absolute atomic E-state index is 14.4. The molecule has 0 radical (unpaired) electrons. The normalized spacial score (nSPS) is 25.3. The lowest BCUT2D eigenvalue weighted by Crippen LogP contribution is -2.51. The molecule has 4 aromatic rings. The summed E-state index contributed by atoms with van der Waals surface area (Å²) >= 11 is 0. The Balaban J connectivity index is 0.907. The van der Waals surface area contributed by atoms with E-state index in [1.54, 1.807) is 12.3 Å². The molecule has 0 spiro atoms. The second-order valence-electron chi connectivity index (χ2n) is 20.8. The summed E-state index contributed by atoms with van der Waals surface area (Å²) < 4.78 is 90.1. The summed E-state index contributed by atoms with van der Waals surface area (Å²) in [6.07, 6.45) is 3.26. The van der Waals surface area contributed by atoms with E-state index in [1.165, 1.54) is 23.3 Å². The Hall–Kier alpha value is -5.44. The van der Waals surface area contributed by atoms with Crippen LogP contribution in [-0.2, 0) is 19.5 Å². The third kappa shape index (κ3) is 9.43. The Morgan fingerprint density at radius 1 is 0.943 bits per heavy atom. The molecule has 3 aliphatic heterocycles. The number of nitrogens with one attached hydrogen (secondary N) is 3. The molecule has 2 aromatic heterocycles. The van der Waals surface area contributed by atoms with Crippen molar-refractivity contribution in [2.24, 2.45) is 16.2 Å². The highest BCUT2D eigenvalue weighted by atomic mass is 32.2. The molecule has 70 heavy (non-hydrogen) atoms. The molecule has 11 rings (SSSR count). The Bertz CT molecular complexity index is 2780. The van der Waals surface area contributed by atoms with Crippen LogP contribution in [0.1, 0.15) is 88.4 Å². The molecule has 3 saturated carbocycles. The molecule has 16 nitrogen and oxygen atoms in total. The van der Waals surface area contributed by atoms with Crippen molar-refractivity contribution >= 4 is 55.4 Å². The monoisotopic (exact) mass is 990 g/mol.